The monoisotopic (exact) mass is 370 g/mol. The molecule has 4 nitrogen and oxygen atoms in total. The average Bonchev–Trinajstić information content (AvgIpc) is 3.05. The van der Waals surface area contributed by atoms with E-state index in [1.807, 2.05) is 60.3 Å². The SMILES string of the molecule is Cn1ccnc1[C@@H](NC(=S)NCc1ccccc1)c1ccc(Cl)cc1. The highest BCUT2D eigenvalue weighted by molar-refractivity contribution is 7.80. The molecule has 1 aromatic heterocycles. The van der Waals surface area contributed by atoms with Crippen LogP contribution in [0.5, 0.6) is 0 Å². The first-order valence-electron chi connectivity index (χ1n) is 7.94. The van der Waals surface area contributed by atoms with E-state index in [1.54, 1.807) is 6.20 Å². The molecule has 1 atom stereocenters. The van der Waals surface area contributed by atoms with Crippen LogP contribution in [0.4, 0.5) is 0 Å². The zero-order valence-electron chi connectivity index (χ0n) is 13.8. The Kier molecular flexibility index (Phi) is 5.68. The highest BCUT2D eigenvalue weighted by Crippen LogP contribution is 2.22. The molecule has 0 aliphatic carbocycles. The Bertz CT molecular complexity index is 830. The molecule has 1 heterocycles. The molecule has 0 amide bonds. The Morgan fingerprint density at radius 2 is 1.88 bits per heavy atom. The number of imidazole rings is 1. The summed E-state index contributed by atoms with van der Waals surface area (Å²) in [5.41, 5.74) is 2.22. The molecule has 2 aromatic carbocycles. The van der Waals surface area contributed by atoms with Crippen LogP contribution in [0.1, 0.15) is 23.0 Å². The first-order chi connectivity index (χ1) is 12.1. The molecule has 0 fully saturated rings. The van der Waals surface area contributed by atoms with Crippen LogP contribution >= 0.6 is 23.8 Å². The molecule has 3 rings (SSSR count). The molecular weight excluding hydrogens is 352 g/mol. The van der Waals surface area contributed by atoms with Crippen molar-refractivity contribution in [3.8, 4) is 0 Å². The van der Waals surface area contributed by atoms with Crippen molar-refractivity contribution in [3.63, 3.8) is 0 Å². The summed E-state index contributed by atoms with van der Waals surface area (Å²) >= 11 is 11.5. The maximum Gasteiger partial charge on any atom is 0.167 e. The minimum Gasteiger partial charge on any atom is -0.359 e. The molecule has 2 N–H and O–H groups in total. The van der Waals surface area contributed by atoms with Crippen molar-refractivity contribution in [2.24, 2.45) is 7.05 Å². The number of hydrogen-bond donors (Lipinski definition) is 2. The molecule has 25 heavy (non-hydrogen) atoms. The number of rotatable bonds is 5. The van der Waals surface area contributed by atoms with Crippen molar-refractivity contribution in [1.29, 1.82) is 0 Å². The summed E-state index contributed by atoms with van der Waals surface area (Å²) < 4.78 is 1.98. The number of nitrogens with zero attached hydrogens (tertiary/aromatic N) is 2. The number of halogens is 1. The molecule has 6 heteroatoms. The molecule has 0 saturated heterocycles. The quantitative estimate of drug-likeness (QED) is 0.670. The third-order valence-corrected chi connectivity index (χ3v) is 4.41. The summed E-state index contributed by atoms with van der Waals surface area (Å²) in [7, 11) is 1.97. The zero-order valence-corrected chi connectivity index (χ0v) is 15.4. The van der Waals surface area contributed by atoms with Crippen LogP contribution in [-0.4, -0.2) is 14.7 Å². The molecule has 0 bridgehead atoms. The van der Waals surface area contributed by atoms with Gasteiger partial charge in [-0.15, -0.1) is 0 Å². The normalized spacial score (nSPS) is 11.8. The Labute approximate surface area is 157 Å². The van der Waals surface area contributed by atoms with Gasteiger partial charge in [0.25, 0.3) is 0 Å². The Balaban J connectivity index is 1.74. The van der Waals surface area contributed by atoms with Crippen molar-refractivity contribution < 1.29 is 0 Å². The second-order valence-electron chi connectivity index (χ2n) is 5.69. The first-order valence-corrected chi connectivity index (χ1v) is 8.73. The summed E-state index contributed by atoms with van der Waals surface area (Å²) in [4.78, 5) is 4.47. The molecule has 0 unspecified atom stereocenters. The highest BCUT2D eigenvalue weighted by atomic mass is 35.5. The predicted molar refractivity (Wildman–Crippen MR) is 106 cm³/mol. The fraction of sp³-hybridized carbons (Fsp3) is 0.158. The van der Waals surface area contributed by atoms with Gasteiger partial charge in [0.15, 0.2) is 5.11 Å². The number of nitrogens with one attached hydrogen (secondary N) is 2. The highest BCUT2D eigenvalue weighted by Gasteiger charge is 2.19. The van der Waals surface area contributed by atoms with Crippen LogP contribution in [0.3, 0.4) is 0 Å². The van der Waals surface area contributed by atoms with Gasteiger partial charge in [0.05, 0.1) is 0 Å². The fourth-order valence-corrected chi connectivity index (χ4v) is 2.88. The van der Waals surface area contributed by atoms with E-state index >= 15 is 0 Å². The second-order valence-corrected chi connectivity index (χ2v) is 6.54. The van der Waals surface area contributed by atoms with Crippen LogP contribution in [-0.2, 0) is 13.6 Å². The van der Waals surface area contributed by atoms with Gasteiger partial charge in [-0.05, 0) is 35.5 Å². The zero-order chi connectivity index (χ0) is 17.6. The maximum absolute atomic E-state index is 6.02. The lowest BCUT2D eigenvalue weighted by molar-refractivity contribution is 0.651. The minimum absolute atomic E-state index is 0.159. The minimum atomic E-state index is -0.159. The van der Waals surface area contributed by atoms with E-state index in [0.29, 0.717) is 16.7 Å². The van der Waals surface area contributed by atoms with Crippen LogP contribution in [0, 0.1) is 0 Å². The van der Waals surface area contributed by atoms with E-state index in [9.17, 15) is 0 Å². The van der Waals surface area contributed by atoms with Crippen molar-refractivity contribution in [1.82, 2.24) is 20.2 Å². The summed E-state index contributed by atoms with van der Waals surface area (Å²) in [6, 6.07) is 17.7. The summed E-state index contributed by atoms with van der Waals surface area (Å²) in [6.07, 6.45) is 3.70. The molecule has 128 valence electrons. The summed E-state index contributed by atoms with van der Waals surface area (Å²) in [5.74, 6) is 0.881. The Morgan fingerprint density at radius 3 is 2.52 bits per heavy atom. The van der Waals surface area contributed by atoms with Gasteiger partial charge in [-0.3, -0.25) is 0 Å². The molecular formula is C19H19ClN4S. The van der Waals surface area contributed by atoms with E-state index in [2.05, 4.69) is 27.8 Å². The molecule has 0 spiro atoms. The molecule has 0 aliphatic rings. The number of aryl methyl sites for hydroxylation is 1. The summed E-state index contributed by atoms with van der Waals surface area (Å²) in [5, 5.41) is 7.89. The van der Waals surface area contributed by atoms with Crippen molar-refractivity contribution in [2.45, 2.75) is 12.6 Å². The summed E-state index contributed by atoms with van der Waals surface area (Å²) in [6.45, 7) is 0.667. The van der Waals surface area contributed by atoms with Gasteiger partial charge in [-0.1, -0.05) is 54.1 Å². The van der Waals surface area contributed by atoms with Crippen molar-refractivity contribution >= 4 is 28.9 Å². The molecule has 3 aromatic rings. The van der Waals surface area contributed by atoms with E-state index in [0.717, 1.165) is 11.4 Å². The lowest BCUT2D eigenvalue weighted by atomic mass is 10.1. The first kappa shape index (κ1) is 17.5. The standard InChI is InChI=1S/C19H19ClN4S/c1-24-12-11-21-18(24)17(15-7-9-16(20)10-8-15)23-19(25)22-13-14-5-3-2-4-6-14/h2-12,17H,13H2,1H3,(H2,22,23,25)/t17-/m0/s1. The van der Waals surface area contributed by atoms with Gasteiger partial charge < -0.3 is 15.2 Å². The molecule has 0 aliphatic heterocycles. The third-order valence-electron chi connectivity index (χ3n) is 3.89. The maximum atomic E-state index is 6.02. The van der Waals surface area contributed by atoms with Crippen molar-refractivity contribution in [3.05, 3.63) is 89.0 Å². The van der Waals surface area contributed by atoms with Crippen LogP contribution < -0.4 is 10.6 Å². The van der Waals surface area contributed by atoms with Gasteiger partial charge in [-0.2, -0.15) is 0 Å². The third kappa shape index (κ3) is 4.59. The number of aromatic nitrogens is 2. The van der Waals surface area contributed by atoms with Gasteiger partial charge in [0.1, 0.15) is 11.9 Å². The van der Waals surface area contributed by atoms with E-state index in [1.165, 1.54) is 5.56 Å². The fourth-order valence-electron chi connectivity index (χ4n) is 2.57. The topological polar surface area (TPSA) is 41.9 Å². The van der Waals surface area contributed by atoms with E-state index in [-0.39, 0.29) is 6.04 Å². The largest absolute Gasteiger partial charge is 0.359 e. The lowest BCUT2D eigenvalue weighted by Crippen LogP contribution is -2.38. The van der Waals surface area contributed by atoms with Crippen LogP contribution in [0.25, 0.3) is 0 Å². The smallest absolute Gasteiger partial charge is 0.167 e. The van der Waals surface area contributed by atoms with Crippen LogP contribution in [0.2, 0.25) is 5.02 Å². The van der Waals surface area contributed by atoms with Gasteiger partial charge in [0, 0.05) is 31.0 Å². The van der Waals surface area contributed by atoms with Crippen LogP contribution in [0.15, 0.2) is 67.0 Å². The van der Waals surface area contributed by atoms with Gasteiger partial charge in [-0.25, -0.2) is 4.98 Å². The molecule has 0 saturated carbocycles. The Morgan fingerprint density at radius 1 is 1.16 bits per heavy atom. The molecule has 0 radical (unpaired) electrons. The number of hydrogen-bond acceptors (Lipinski definition) is 2. The number of benzene rings is 2. The van der Waals surface area contributed by atoms with E-state index in [4.69, 9.17) is 23.8 Å². The van der Waals surface area contributed by atoms with E-state index < -0.39 is 0 Å². The lowest BCUT2D eigenvalue weighted by Gasteiger charge is -2.21. The number of thiocarbonyl (C=S) groups is 1. The van der Waals surface area contributed by atoms with Gasteiger partial charge >= 0.3 is 0 Å². The second kappa shape index (κ2) is 8.14. The van der Waals surface area contributed by atoms with Gasteiger partial charge in [0.2, 0.25) is 0 Å². The van der Waals surface area contributed by atoms with Crippen molar-refractivity contribution in [2.75, 3.05) is 0 Å². The average molecular weight is 371 g/mol. The predicted octanol–water partition coefficient (Wildman–Crippen LogP) is 3.83. The Hall–Kier alpha value is -2.37.